The largest absolute Gasteiger partial charge is 0.416 e. The second kappa shape index (κ2) is 5.67. The number of halogens is 3. The molecule has 3 N–H and O–H groups in total. The highest BCUT2D eigenvalue weighted by Crippen LogP contribution is 2.39. The molecule has 1 amide bonds. The zero-order valence-corrected chi connectivity index (χ0v) is 11.9. The number of alkyl halides is 3. The van der Waals surface area contributed by atoms with Gasteiger partial charge in [-0.25, -0.2) is 0 Å². The van der Waals surface area contributed by atoms with E-state index in [0.29, 0.717) is 5.56 Å². The van der Waals surface area contributed by atoms with Gasteiger partial charge in [0.05, 0.1) is 5.56 Å². The van der Waals surface area contributed by atoms with Crippen molar-refractivity contribution < 1.29 is 18.0 Å². The van der Waals surface area contributed by atoms with Crippen LogP contribution in [0.1, 0.15) is 43.7 Å². The normalized spacial score (nSPS) is 17.8. The van der Waals surface area contributed by atoms with Gasteiger partial charge in [-0.3, -0.25) is 4.79 Å². The van der Waals surface area contributed by atoms with Crippen molar-refractivity contribution in [1.82, 2.24) is 0 Å². The number of amides is 1. The summed E-state index contributed by atoms with van der Waals surface area (Å²) in [5.74, 6) is -0.220. The SMILES string of the molecule is CC1(C(=O)Nc2cc(CN)cc(C(F)(F)F)c2)CCCC1. The van der Waals surface area contributed by atoms with Crippen LogP contribution in [0, 0.1) is 5.41 Å². The van der Waals surface area contributed by atoms with Crippen molar-refractivity contribution >= 4 is 11.6 Å². The maximum atomic E-state index is 12.8. The van der Waals surface area contributed by atoms with E-state index in [1.807, 2.05) is 6.92 Å². The summed E-state index contributed by atoms with van der Waals surface area (Å²) in [6.45, 7) is 1.84. The minimum atomic E-state index is -4.46. The lowest BCUT2D eigenvalue weighted by Gasteiger charge is -2.23. The average molecular weight is 300 g/mol. The maximum absolute atomic E-state index is 12.8. The van der Waals surface area contributed by atoms with Gasteiger partial charge in [0.1, 0.15) is 0 Å². The van der Waals surface area contributed by atoms with E-state index < -0.39 is 17.2 Å². The predicted octanol–water partition coefficient (Wildman–Crippen LogP) is 3.68. The molecule has 6 heteroatoms. The summed E-state index contributed by atoms with van der Waals surface area (Å²) in [6, 6.07) is 3.45. The van der Waals surface area contributed by atoms with Crippen LogP contribution < -0.4 is 11.1 Å². The Morgan fingerprint density at radius 2 is 1.90 bits per heavy atom. The first-order valence-corrected chi connectivity index (χ1v) is 6.97. The highest BCUT2D eigenvalue weighted by atomic mass is 19.4. The van der Waals surface area contributed by atoms with Gasteiger partial charge < -0.3 is 11.1 Å². The summed E-state index contributed by atoms with van der Waals surface area (Å²) in [7, 11) is 0. The predicted molar refractivity (Wildman–Crippen MR) is 74.5 cm³/mol. The molecule has 3 nitrogen and oxygen atoms in total. The van der Waals surface area contributed by atoms with Gasteiger partial charge in [-0.15, -0.1) is 0 Å². The average Bonchev–Trinajstić information content (AvgIpc) is 2.85. The van der Waals surface area contributed by atoms with E-state index in [1.54, 1.807) is 0 Å². The molecule has 0 radical (unpaired) electrons. The molecule has 1 saturated carbocycles. The van der Waals surface area contributed by atoms with Gasteiger partial charge in [0.25, 0.3) is 0 Å². The second-order valence-corrected chi connectivity index (χ2v) is 5.84. The quantitative estimate of drug-likeness (QED) is 0.894. The van der Waals surface area contributed by atoms with Crippen LogP contribution in [0.15, 0.2) is 18.2 Å². The lowest BCUT2D eigenvalue weighted by molar-refractivity contribution is -0.137. The van der Waals surface area contributed by atoms with Crippen molar-refractivity contribution in [3.8, 4) is 0 Å². The van der Waals surface area contributed by atoms with E-state index in [1.165, 1.54) is 6.07 Å². The minimum Gasteiger partial charge on any atom is -0.326 e. The zero-order chi connectivity index (χ0) is 15.7. The Balaban J connectivity index is 2.25. The first-order chi connectivity index (χ1) is 9.74. The molecule has 1 aromatic rings. The molecule has 0 spiro atoms. The van der Waals surface area contributed by atoms with E-state index in [2.05, 4.69) is 5.32 Å². The molecule has 21 heavy (non-hydrogen) atoms. The summed E-state index contributed by atoms with van der Waals surface area (Å²) in [5, 5.41) is 2.62. The van der Waals surface area contributed by atoms with E-state index >= 15 is 0 Å². The van der Waals surface area contributed by atoms with Crippen LogP contribution in [-0.2, 0) is 17.5 Å². The van der Waals surface area contributed by atoms with Gasteiger partial charge in [-0.2, -0.15) is 13.2 Å². The third-order valence-corrected chi connectivity index (χ3v) is 4.07. The molecule has 0 bridgehead atoms. The minimum absolute atomic E-state index is 0.00986. The van der Waals surface area contributed by atoms with E-state index in [0.717, 1.165) is 37.8 Å². The Morgan fingerprint density at radius 3 is 2.43 bits per heavy atom. The van der Waals surface area contributed by atoms with E-state index in [-0.39, 0.29) is 18.1 Å². The highest BCUT2D eigenvalue weighted by Gasteiger charge is 2.37. The maximum Gasteiger partial charge on any atom is 0.416 e. The summed E-state index contributed by atoms with van der Waals surface area (Å²) in [4.78, 5) is 12.3. The lowest BCUT2D eigenvalue weighted by Crippen LogP contribution is -2.31. The fourth-order valence-electron chi connectivity index (χ4n) is 2.71. The first-order valence-electron chi connectivity index (χ1n) is 6.97. The van der Waals surface area contributed by atoms with E-state index in [4.69, 9.17) is 5.73 Å². The molecule has 0 saturated heterocycles. The van der Waals surface area contributed by atoms with Crippen molar-refractivity contribution in [3.05, 3.63) is 29.3 Å². The molecule has 2 rings (SSSR count). The fraction of sp³-hybridized carbons (Fsp3) is 0.533. The summed E-state index contributed by atoms with van der Waals surface area (Å²) >= 11 is 0. The Labute approximate surface area is 121 Å². The van der Waals surface area contributed by atoms with Crippen molar-refractivity contribution in [2.75, 3.05) is 5.32 Å². The van der Waals surface area contributed by atoms with Crippen molar-refractivity contribution in [3.63, 3.8) is 0 Å². The number of hydrogen-bond acceptors (Lipinski definition) is 2. The molecule has 0 unspecified atom stereocenters. The molecule has 1 aliphatic carbocycles. The number of nitrogens with one attached hydrogen (secondary N) is 1. The summed E-state index contributed by atoms with van der Waals surface area (Å²) in [5.41, 5.74) is 4.65. The molecule has 0 heterocycles. The van der Waals surface area contributed by atoms with Gasteiger partial charge in [0, 0.05) is 17.6 Å². The molecule has 1 fully saturated rings. The Bertz CT molecular complexity index is 534. The molecular formula is C15H19F3N2O. The number of carbonyl (C=O) groups excluding carboxylic acids is 1. The van der Waals surface area contributed by atoms with Crippen molar-refractivity contribution in [2.24, 2.45) is 11.1 Å². The molecule has 0 aromatic heterocycles. The van der Waals surface area contributed by atoms with Gasteiger partial charge in [-0.05, 0) is 36.6 Å². The van der Waals surface area contributed by atoms with Crippen LogP contribution in [0.2, 0.25) is 0 Å². The lowest BCUT2D eigenvalue weighted by atomic mass is 9.87. The second-order valence-electron chi connectivity index (χ2n) is 5.84. The number of nitrogens with two attached hydrogens (primary N) is 1. The third-order valence-electron chi connectivity index (χ3n) is 4.07. The van der Waals surface area contributed by atoms with Gasteiger partial charge >= 0.3 is 6.18 Å². The van der Waals surface area contributed by atoms with Crippen LogP contribution in [0.25, 0.3) is 0 Å². The molecule has 0 aliphatic heterocycles. The summed E-state index contributed by atoms with van der Waals surface area (Å²) in [6.07, 6.45) is -0.980. The molecule has 1 aromatic carbocycles. The van der Waals surface area contributed by atoms with Crippen LogP contribution in [0.5, 0.6) is 0 Å². The standard InChI is InChI=1S/C15H19F3N2O/c1-14(4-2-3-5-14)13(21)20-12-7-10(9-19)6-11(8-12)15(16,17)18/h6-8H,2-5,9,19H2,1H3,(H,20,21). The fourth-order valence-corrected chi connectivity index (χ4v) is 2.71. The van der Waals surface area contributed by atoms with Gasteiger partial charge in [0.15, 0.2) is 0 Å². The molecule has 0 atom stereocenters. The number of anilines is 1. The first kappa shape index (κ1) is 15.8. The monoisotopic (exact) mass is 300 g/mol. The van der Waals surface area contributed by atoms with Crippen LogP contribution in [0.4, 0.5) is 18.9 Å². The Morgan fingerprint density at radius 1 is 1.29 bits per heavy atom. The molecule has 1 aliphatic rings. The number of hydrogen-bond donors (Lipinski definition) is 2. The number of carbonyl (C=O) groups is 1. The topological polar surface area (TPSA) is 55.1 Å². The van der Waals surface area contributed by atoms with Crippen LogP contribution in [0.3, 0.4) is 0 Å². The van der Waals surface area contributed by atoms with Gasteiger partial charge in [-0.1, -0.05) is 19.8 Å². The van der Waals surface area contributed by atoms with Gasteiger partial charge in [0.2, 0.25) is 5.91 Å². The van der Waals surface area contributed by atoms with Crippen molar-refractivity contribution in [1.29, 1.82) is 0 Å². The van der Waals surface area contributed by atoms with Crippen LogP contribution in [-0.4, -0.2) is 5.91 Å². The number of rotatable bonds is 3. The van der Waals surface area contributed by atoms with E-state index in [9.17, 15) is 18.0 Å². The van der Waals surface area contributed by atoms with Crippen LogP contribution >= 0.6 is 0 Å². The number of benzene rings is 1. The molecule has 116 valence electrons. The highest BCUT2D eigenvalue weighted by molar-refractivity contribution is 5.95. The Kier molecular flexibility index (Phi) is 4.27. The smallest absolute Gasteiger partial charge is 0.326 e. The Hall–Kier alpha value is -1.56. The summed E-state index contributed by atoms with van der Waals surface area (Å²) < 4.78 is 38.5. The van der Waals surface area contributed by atoms with Crippen molar-refractivity contribution in [2.45, 2.75) is 45.3 Å². The zero-order valence-electron chi connectivity index (χ0n) is 11.9. The molecular weight excluding hydrogens is 281 g/mol. The third kappa shape index (κ3) is 3.56.